The van der Waals surface area contributed by atoms with Crippen molar-refractivity contribution in [3.05, 3.63) is 39.9 Å². The average molecular weight is 253 g/mol. The van der Waals surface area contributed by atoms with Crippen LogP contribution in [0.25, 0.3) is 0 Å². The fraction of sp³-hybridized carbons (Fsp3) is 0.273. The van der Waals surface area contributed by atoms with Crippen molar-refractivity contribution < 1.29 is 24.7 Å². The standard InChI is InChI=1S/C11H11NO6/c1-11(9(13)14,10(15)16)6-7-2-4-8(5-3-7)12(17)18/h2-5H,6H2,1H3,(H,13,14)(H,15,16). The van der Waals surface area contributed by atoms with Gasteiger partial charge in [-0.05, 0) is 18.9 Å². The van der Waals surface area contributed by atoms with E-state index in [1.807, 2.05) is 0 Å². The zero-order valence-electron chi connectivity index (χ0n) is 9.49. The largest absolute Gasteiger partial charge is 0.480 e. The number of nitro groups is 1. The van der Waals surface area contributed by atoms with Gasteiger partial charge in [0.25, 0.3) is 5.69 Å². The Balaban J connectivity index is 2.99. The van der Waals surface area contributed by atoms with Gasteiger partial charge in [-0.25, -0.2) is 0 Å². The van der Waals surface area contributed by atoms with Gasteiger partial charge >= 0.3 is 11.9 Å². The van der Waals surface area contributed by atoms with Crippen LogP contribution in [0, 0.1) is 15.5 Å². The summed E-state index contributed by atoms with van der Waals surface area (Å²) >= 11 is 0. The van der Waals surface area contributed by atoms with Crippen LogP contribution in [0.4, 0.5) is 5.69 Å². The number of hydrogen-bond donors (Lipinski definition) is 2. The summed E-state index contributed by atoms with van der Waals surface area (Å²) in [6.45, 7) is 1.10. The molecule has 7 heteroatoms. The molecule has 96 valence electrons. The van der Waals surface area contributed by atoms with Gasteiger partial charge in [0.05, 0.1) is 4.92 Å². The molecular formula is C11H11NO6. The van der Waals surface area contributed by atoms with E-state index in [9.17, 15) is 19.7 Å². The summed E-state index contributed by atoms with van der Waals surface area (Å²) in [5.74, 6) is -2.90. The highest BCUT2D eigenvalue weighted by atomic mass is 16.6. The van der Waals surface area contributed by atoms with Crippen molar-refractivity contribution in [1.29, 1.82) is 0 Å². The number of rotatable bonds is 5. The predicted molar refractivity (Wildman–Crippen MR) is 60.2 cm³/mol. The third kappa shape index (κ3) is 2.62. The lowest BCUT2D eigenvalue weighted by Gasteiger charge is -2.19. The number of carboxylic acids is 2. The topological polar surface area (TPSA) is 118 Å². The molecule has 0 aliphatic carbocycles. The molecule has 0 heterocycles. The maximum absolute atomic E-state index is 11.0. The van der Waals surface area contributed by atoms with E-state index in [0.29, 0.717) is 5.56 Å². The number of hydrogen-bond acceptors (Lipinski definition) is 4. The third-order valence-electron chi connectivity index (χ3n) is 2.65. The SMILES string of the molecule is CC(Cc1ccc([N+](=O)[O-])cc1)(C(=O)O)C(=O)O. The molecule has 0 aromatic heterocycles. The summed E-state index contributed by atoms with van der Waals surface area (Å²) in [5, 5.41) is 28.3. The van der Waals surface area contributed by atoms with E-state index in [0.717, 1.165) is 6.92 Å². The predicted octanol–water partition coefficient (Wildman–Crippen LogP) is 1.31. The van der Waals surface area contributed by atoms with Crippen molar-refractivity contribution in [2.24, 2.45) is 5.41 Å². The van der Waals surface area contributed by atoms with Gasteiger partial charge in [-0.1, -0.05) is 12.1 Å². The van der Waals surface area contributed by atoms with Crippen LogP contribution in [0.2, 0.25) is 0 Å². The Morgan fingerprint density at radius 3 is 2.00 bits per heavy atom. The van der Waals surface area contributed by atoms with Crippen LogP contribution in [0.15, 0.2) is 24.3 Å². The molecular weight excluding hydrogens is 242 g/mol. The molecule has 0 aliphatic rings. The van der Waals surface area contributed by atoms with Gasteiger partial charge in [0.1, 0.15) is 0 Å². The number of non-ortho nitro benzene ring substituents is 1. The van der Waals surface area contributed by atoms with E-state index in [1.165, 1.54) is 24.3 Å². The fourth-order valence-corrected chi connectivity index (χ4v) is 1.39. The fourth-order valence-electron chi connectivity index (χ4n) is 1.39. The molecule has 0 aliphatic heterocycles. The van der Waals surface area contributed by atoms with Gasteiger partial charge in [-0.15, -0.1) is 0 Å². The first-order valence-electron chi connectivity index (χ1n) is 4.97. The van der Waals surface area contributed by atoms with Gasteiger partial charge < -0.3 is 10.2 Å². The minimum Gasteiger partial charge on any atom is -0.480 e. The van der Waals surface area contributed by atoms with E-state index >= 15 is 0 Å². The van der Waals surface area contributed by atoms with Gasteiger partial charge in [0.15, 0.2) is 5.41 Å². The van der Waals surface area contributed by atoms with Gasteiger partial charge in [0, 0.05) is 12.1 Å². The van der Waals surface area contributed by atoms with Crippen LogP contribution in [-0.2, 0) is 16.0 Å². The highest BCUT2D eigenvalue weighted by molar-refractivity contribution is 5.98. The van der Waals surface area contributed by atoms with E-state index < -0.39 is 22.3 Å². The Morgan fingerprint density at radius 1 is 1.22 bits per heavy atom. The lowest BCUT2D eigenvalue weighted by molar-refractivity contribution is -0.384. The molecule has 2 N–H and O–H groups in total. The monoisotopic (exact) mass is 253 g/mol. The first-order valence-corrected chi connectivity index (χ1v) is 4.97. The minimum atomic E-state index is -1.95. The molecule has 0 unspecified atom stereocenters. The second-order valence-corrected chi connectivity index (χ2v) is 4.04. The molecule has 0 saturated heterocycles. The smallest absolute Gasteiger partial charge is 0.321 e. The second kappa shape index (κ2) is 4.82. The maximum atomic E-state index is 11.0. The van der Waals surface area contributed by atoms with E-state index in [2.05, 4.69) is 0 Å². The van der Waals surface area contributed by atoms with E-state index in [1.54, 1.807) is 0 Å². The van der Waals surface area contributed by atoms with Gasteiger partial charge in [-0.2, -0.15) is 0 Å². The molecule has 0 saturated carbocycles. The number of nitro benzene ring substituents is 1. The number of carboxylic acid groups (broad SMARTS) is 2. The van der Waals surface area contributed by atoms with E-state index in [-0.39, 0.29) is 12.1 Å². The first kappa shape index (κ1) is 13.6. The summed E-state index contributed by atoms with van der Waals surface area (Å²) in [5.41, 5.74) is -1.67. The number of nitrogens with zero attached hydrogens (tertiary/aromatic N) is 1. The minimum absolute atomic E-state index is 0.133. The van der Waals surface area contributed by atoms with Crippen molar-refractivity contribution in [2.75, 3.05) is 0 Å². The quantitative estimate of drug-likeness (QED) is 0.464. The third-order valence-corrected chi connectivity index (χ3v) is 2.65. The zero-order chi connectivity index (χ0) is 13.9. The van der Waals surface area contributed by atoms with Crippen LogP contribution in [-0.4, -0.2) is 27.1 Å². The summed E-state index contributed by atoms with van der Waals surface area (Å²) in [6, 6.07) is 5.11. The average Bonchev–Trinajstić information content (AvgIpc) is 2.29. The summed E-state index contributed by atoms with van der Waals surface area (Å²) in [7, 11) is 0. The van der Waals surface area contributed by atoms with Crippen LogP contribution in [0.5, 0.6) is 0 Å². The van der Waals surface area contributed by atoms with Crippen LogP contribution >= 0.6 is 0 Å². The molecule has 1 aromatic carbocycles. The molecule has 18 heavy (non-hydrogen) atoms. The highest BCUT2D eigenvalue weighted by Crippen LogP contribution is 2.24. The lowest BCUT2D eigenvalue weighted by Crippen LogP contribution is -2.38. The number of benzene rings is 1. The molecule has 1 rings (SSSR count). The Kier molecular flexibility index (Phi) is 3.65. The highest BCUT2D eigenvalue weighted by Gasteiger charge is 2.41. The molecule has 1 aromatic rings. The molecule has 7 nitrogen and oxygen atoms in total. The Morgan fingerprint density at radius 2 is 1.67 bits per heavy atom. The lowest BCUT2D eigenvalue weighted by atomic mass is 9.84. The van der Waals surface area contributed by atoms with Crippen LogP contribution < -0.4 is 0 Å². The molecule has 0 bridgehead atoms. The molecule has 0 amide bonds. The van der Waals surface area contributed by atoms with Crippen molar-refractivity contribution in [2.45, 2.75) is 13.3 Å². The Hall–Kier alpha value is -2.44. The zero-order valence-corrected chi connectivity index (χ0v) is 9.49. The molecule has 0 radical (unpaired) electrons. The Bertz CT molecular complexity index is 479. The van der Waals surface area contributed by atoms with Crippen molar-refractivity contribution in [3.63, 3.8) is 0 Å². The molecule has 0 fully saturated rings. The second-order valence-electron chi connectivity index (χ2n) is 4.04. The van der Waals surface area contributed by atoms with Crippen molar-refractivity contribution >= 4 is 17.6 Å². The maximum Gasteiger partial charge on any atom is 0.321 e. The first-order chi connectivity index (χ1) is 8.27. The number of carbonyl (C=O) groups is 2. The van der Waals surface area contributed by atoms with Crippen LogP contribution in [0.3, 0.4) is 0 Å². The van der Waals surface area contributed by atoms with Gasteiger partial charge in [0.2, 0.25) is 0 Å². The molecule has 0 spiro atoms. The molecule has 0 atom stereocenters. The summed E-state index contributed by atoms with van der Waals surface area (Å²) in [6.07, 6.45) is -0.240. The summed E-state index contributed by atoms with van der Waals surface area (Å²) < 4.78 is 0. The number of aliphatic carboxylic acids is 2. The Labute approximate surface area is 102 Å². The van der Waals surface area contributed by atoms with Crippen molar-refractivity contribution in [1.82, 2.24) is 0 Å². The normalized spacial score (nSPS) is 10.9. The van der Waals surface area contributed by atoms with Crippen molar-refractivity contribution in [3.8, 4) is 0 Å². The summed E-state index contributed by atoms with van der Waals surface area (Å²) in [4.78, 5) is 31.8. The van der Waals surface area contributed by atoms with E-state index in [4.69, 9.17) is 10.2 Å². The van der Waals surface area contributed by atoms with Gasteiger partial charge in [-0.3, -0.25) is 19.7 Å². The van der Waals surface area contributed by atoms with Crippen LogP contribution in [0.1, 0.15) is 12.5 Å².